The smallest absolute Gasteiger partial charge is 0.345 e. The molecule has 3 fully saturated rings. The van der Waals surface area contributed by atoms with Crippen molar-refractivity contribution in [2.24, 2.45) is 0 Å². The monoisotopic (exact) mass is 390 g/mol. The predicted octanol–water partition coefficient (Wildman–Crippen LogP) is 0.159. The lowest BCUT2D eigenvalue weighted by Gasteiger charge is -2.29. The van der Waals surface area contributed by atoms with Crippen LogP contribution in [0.4, 0.5) is 4.79 Å². The number of amides is 3. The second-order valence-corrected chi connectivity index (χ2v) is 7.67. The fraction of sp³-hybridized carbons (Fsp3) is 0.579. The van der Waals surface area contributed by atoms with Crippen molar-refractivity contribution in [3.8, 4) is 0 Å². The summed E-state index contributed by atoms with van der Waals surface area (Å²) in [4.78, 5) is 37.7. The van der Waals surface area contributed by atoms with Gasteiger partial charge < -0.3 is 15.3 Å². The van der Waals surface area contributed by atoms with Crippen molar-refractivity contribution in [2.45, 2.75) is 43.6 Å². The number of nitrogens with zero attached hydrogens (tertiary/aromatic N) is 2. The van der Waals surface area contributed by atoms with Crippen LogP contribution in [0.1, 0.15) is 24.8 Å². The van der Waals surface area contributed by atoms with E-state index in [2.05, 4.69) is 10.8 Å². The fourth-order valence-corrected chi connectivity index (χ4v) is 3.95. The van der Waals surface area contributed by atoms with Gasteiger partial charge in [-0.05, 0) is 31.4 Å². The molecule has 3 saturated heterocycles. The molecule has 3 atom stereocenters. The Bertz CT molecular complexity index is 710. The highest BCUT2D eigenvalue weighted by molar-refractivity contribution is 5.88. The fourth-order valence-electron chi connectivity index (χ4n) is 3.95. The second-order valence-electron chi connectivity index (χ2n) is 7.67. The average Bonchev–Trinajstić information content (AvgIpc) is 3.23. The van der Waals surface area contributed by atoms with Gasteiger partial charge in [-0.1, -0.05) is 30.3 Å². The molecule has 152 valence electrons. The molecule has 9 nitrogen and oxygen atoms in total. The minimum Gasteiger partial charge on any atom is -0.386 e. The van der Waals surface area contributed by atoms with Crippen LogP contribution in [-0.4, -0.2) is 70.9 Å². The van der Waals surface area contributed by atoms with Gasteiger partial charge in [-0.25, -0.2) is 10.3 Å². The minimum absolute atomic E-state index is 0.0152. The lowest BCUT2D eigenvalue weighted by molar-refractivity contribution is -0.145. The predicted molar refractivity (Wildman–Crippen MR) is 98.5 cm³/mol. The van der Waals surface area contributed by atoms with Crippen LogP contribution in [0, 0.1) is 0 Å². The molecule has 9 heteroatoms. The van der Waals surface area contributed by atoms with Crippen molar-refractivity contribution >= 4 is 11.9 Å². The van der Waals surface area contributed by atoms with Crippen molar-refractivity contribution in [3.63, 3.8) is 0 Å². The third kappa shape index (κ3) is 3.97. The minimum atomic E-state index is -0.962. The van der Waals surface area contributed by atoms with E-state index < -0.39 is 11.6 Å². The quantitative estimate of drug-likeness (QED) is 0.573. The zero-order chi connectivity index (χ0) is 19.6. The Balaban J connectivity index is 1.29. The molecule has 3 N–H and O–H groups in total. The molecule has 0 aliphatic carbocycles. The largest absolute Gasteiger partial charge is 0.386 e. The van der Waals surface area contributed by atoms with Gasteiger partial charge in [0.25, 0.3) is 5.91 Å². The van der Waals surface area contributed by atoms with E-state index in [0.717, 1.165) is 12.1 Å². The maximum atomic E-state index is 12.7. The number of aliphatic hydroxyl groups is 1. The first-order valence-corrected chi connectivity index (χ1v) is 9.67. The Hall–Kier alpha value is -2.20. The number of piperidine rings is 1. The van der Waals surface area contributed by atoms with Crippen molar-refractivity contribution in [2.75, 3.05) is 26.2 Å². The van der Waals surface area contributed by atoms with E-state index >= 15 is 0 Å². The Morgan fingerprint density at radius 1 is 1.32 bits per heavy atom. The number of rotatable bonds is 7. The summed E-state index contributed by atoms with van der Waals surface area (Å²) >= 11 is 0. The standard InChI is InChI=1S/C19H26N4O5/c24-17(21-27-13-19(26)8-9-20-12-19)16-7-6-15-10-22(16)18(25)23(15)28-11-14-4-2-1-3-5-14/h1-5,15-16,20,26H,6-13H2,(H,21,24)/t15-,16+,19?/m1/s1. The molecule has 0 spiro atoms. The van der Waals surface area contributed by atoms with Crippen LogP contribution in [0.25, 0.3) is 0 Å². The summed E-state index contributed by atoms with van der Waals surface area (Å²) in [6, 6.07) is 8.71. The van der Waals surface area contributed by atoms with Gasteiger partial charge in [0.05, 0.1) is 6.04 Å². The normalized spacial score (nSPS) is 29.4. The lowest BCUT2D eigenvalue weighted by Crippen LogP contribution is -2.50. The Labute approximate surface area is 163 Å². The molecule has 0 radical (unpaired) electrons. The van der Waals surface area contributed by atoms with E-state index in [4.69, 9.17) is 9.68 Å². The molecule has 0 saturated carbocycles. The summed E-state index contributed by atoms with van der Waals surface area (Å²) in [5, 5.41) is 14.7. The number of carbonyl (C=O) groups excluding carboxylic acids is 2. The molecule has 3 aliphatic heterocycles. The first-order valence-electron chi connectivity index (χ1n) is 9.67. The van der Waals surface area contributed by atoms with Crippen LogP contribution >= 0.6 is 0 Å². The van der Waals surface area contributed by atoms with Gasteiger partial charge in [-0.3, -0.25) is 14.5 Å². The van der Waals surface area contributed by atoms with Crippen LogP contribution in [0.2, 0.25) is 0 Å². The van der Waals surface area contributed by atoms with E-state index in [0.29, 0.717) is 39.0 Å². The van der Waals surface area contributed by atoms with Gasteiger partial charge in [0.15, 0.2) is 0 Å². The third-order valence-corrected chi connectivity index (χ3v) is 5.57. The number of benzene rings is 1. The van der Waals surface area contributed by atoms with Crippen LogP contribution < -0.4 is 10.8 Å². The molecule has 0 aromatic heterocycles. The first kappa shape index (κ1) is 19.1. The van der Waals surface area contributed by atoms with E-state index in [-0.39, 0.29) is 24.6 Å². The molecule has 2 bridgehead atoms. The summed E-state index contributed by atoms with van der Waals surface area (Å²) in [5.74, 6) is -0.369. The summed E-state index contributed by atoms with van der Waals surface area (Å²) < 4.78 is 0. The molecule has 1 aromatic rings. The molecular formula is C19H26N4O5. The summed E-state index contributed by atoms with van der Waals surface area (Å²) in [6.07, 6.45) is 1.80. The number of carbonyl (C=O) groups is 2. The van der Waals surface area contributed by atoms with Gasteiger partial charge in [0.2, 0.25) is 0 Å². The lowest BCUT2D eigenvalue weighted by atomic mass is 10.0. The first-order chi connectivity index (χ1) is 13.6. The number of β-amino-alcohol motifs (C(OH)–C–C–N with tert-alkyl or cyclic N) is 1. The van der Waals surface area contributed by atoms with E-state index in [1.54, 1.807) is 0 Å². The number of fused-ring (bicyclic) bond motifs is 2. The molecule has 28 heavy (non-hydrogen) atoms. The number of hydrogen-bond donors (Lipinski definition) is 3. The van der Waals surface area contributed by atoms with Gasteiger partial charge in [0.1, 0.15) is 24.9 Å². The maximum Gasteiger partial charge on any atom is 0.345 e. The average molecular weight is 390 g/mol. The van der Waals surface area contributed by atoms with Crippen molar-refractivity contribution in [1.82, 2.24) is 20.8 Å². The zero-order valence-electron chi connectivity index (χ0n) is 15.7. The second kappa shape index (κ2) is 8.04. The van der Waals surface area contributed by atoms with Crippen molar-refractivity contribution < 1.29 is 24.4 Å². The maximum absolute atomic E-state index is 12.7. The highest BCUT2D eigenvalue weighted by Crippen LogP contribution is 2.30. The summed E-state index contributed by atoms with van der Waals surface area (Å²) in [5.41, 5.74) is 2.42. The zero-order valence-corrected chi connectivity index (χ0v) is 15.7. The van der Waals surface area contributed by atoms with Crippen LogP contribution in [0.15, 0.2) is 30.3 Å². The van der Waals surface area contributed by atoms with Crippen LogP contribution in [-0.2, 0) is 21.1 Å². The molecule has 3 amide bonds. The third-order valence-electron chi connectivity index (χ3n) is 5.57. The van der Waals surface area contributed by atoms with Gasteiger partial charge in [-0.15, -0.1) is 0 Å². The number of hydroxylamine groups is 3. The van der Waals surface area contributed by atoms with Crippen LogP contribution in [0.3, 0.4) is 0 Å². The van der Waals surface area contributed by atoms with Crippen molar-refractivity contribution in [3.05, 3.63) is 35.9 Å². The highest BCUT2D eigenvalue weighted by atomic mass is 16.7. The summed E-state index contributed by atoms with van der Waals surface area (Å²) in [6.45, 7) is 1.94. The number of urea groups is 1. The van der Waals surface area contributed by atoms with E-state index in [9.17, 15) is 14.7 Å². The molecule has 1 aromatic carbocycles. The molecular weight excluding hydrogens is 364 g/mol. The van der Waals surface area contributed by atoms with E-state index in [1.807, 2.05) is 30.3 Å². The van der Waals surface area contributed by atoms with Gasteiger partial charge in [-0.2, -0.15) is 5.06 Å². The Morgan fingerprint density at radius 2 is 2.14 bits per heavy atom. The van der Waals surface area contributed by atoms with Gasteiger partial charge in [0, 0.05) is 13.1 Å². The number of hydrogen-bond acceptors (Lipinski definition) is 6. The Morgan fingerprint density at radius 3 is 2.89 bits per heavy atom. The summed E-state index contributed by atoms with van der Waals surface area (Å²) in [7, 11) is 0. The highest BCUT2D eigenvalue weighted by Gasteiger charge is 2.48. The SMILES string of the molecule is O=C(NOCC1(O)CCNC1)[C@@H]1CC[C@@H]2CN1C(=O)N2OCc1ccccc1. The Kier molecular flexibility index (Phi) is 5.49. The number of nitrogens with one attached hydrogen (secondary N) is 2. The molecule has 3 heterocycles. The van der Waals surface area contributed by atoms with E-state index in [1.165, 1.54) is 9.96 Å². The topological polar surface area (TPSA) is 103 Å². The van der Waals surface area contributed by atoms with Gasteiger partial charge >= 0.3 is 6.03 Å². The van der Waals surface area contributed by atoms with Crippen molar-refractivity contribution in [1.29, 1.82) is 0 Å². The molecule has 3 aliphatic rings. The molecule has 4 rings (SSSR count). The molecule has 1 unspecified atom stereocenters. The van der Waals surface area contributed by atoms with Crippen LogP contribution in [0.5, 0.6) is 0 Å².